The van der Waals surface area contributed by atoms with Crippen LogP contribution in [0.4, 0.5) is 0 Å². The molecule has 0 aliphatic carbocycles. The van der Waals surface area contributed by atoms with E-state index in [-0.39, 0.29) is 5.70 Å². The van der Waals surface area contributed by atoms with Crippen LogP contribution in [0.5, 0.6) is 0 Å². The Morgan fingerprint density at radius 1 is 1.73 bits per heavy atom. The van der Waals surface area contributed by atoms with Crippen molar-refractivity contribution in [2.45, 2.75) is 0 Å². The lowest BCUT2D eigenvalue weighted by Gasteiger charge is -2.22. The van der Waals surface area contributed by atoms with E-state index in [0.29, 0.717) is 5.03 Å². The molecular formula is C5H7ClN4O. The minimum Gasteiger partial charge on any atom is -0.364 e. The van der Waals surface area contributed by atoms with Crippen molar-refractivity contribution in [2.75, 3.05) is 0 Å². The molecule has 0 unspecified atom stereocenters. The van der Waals surface area contributed by atoms with Crippen molar-refractivity contribution in [2.24, 2.45) is 11.6 Å². The summed E-state index contributed by atoms with van der Waals surface area (Å²) in [5, 5.41) is 1.37. The maximum absolute atomic E-state index is 10.6. The molecule has 5 N–H and O–H groups in total. The first-order valence-electron chi connectivity index (χ1n) is 2.79. The maximum Gasteiger partial charge on any atom is 0.268 e. The number of carbonyl (C=O) groups is 1. The van der Waals surface area contributed by atoms with Gasteiger partial charge in [0.05, 0.1) is 5.03 Å². The number of amides is 1. The number of nitrogens with two attached hydrogens (primary N) is 2. The Bertz CT molecular complexity index is 247. The normalized spacial score (nSPS) is 16.7. The van der Waals surface area contributed by atoms with Crippen molar-refractivity contribution in [3.05, 3.63) is 23.0 Å². The Hall–Kier alpha value is -1.20. The van der Waals surface area contributed by atoms with Gasteiger partial charge in [-0.2, -0.15) is 0 Å². The first-order chi connectivity index (χ1) is 5.11. The van der Waals surface area contributed by atoms with Crippen molar-refractivity contribution >= 4 is 17.5 Å². The van der Waals surface area contributed by atoms with E-state index < -0.39 is 5.91 Å². The average Bonchev–Trinajstić information content (AvgIpc) is 1.94. The van der Waals surface area contributed by atoms with Gasteiger partial charge in [0.2, 0.25) is 0 Å². The van der Waals surface area contributed by atoms with Gasteiger partial charge >= 0.3 is 0 Å². The van der Waals surface area contributed by atoms with Crippen LogP contribution < -0.4 is 17.0 Å². The molecule has 1 amide bonds. The maximum atomic E-state index is 10.6. The fourth-order valence-electron chi connectivity index (χ4n) is 0.632. The molecule has 0 radical (unpaired) electrons. The van der Waals surface area contributed by atoms with E-state index >= 15 is 0 Å². The van der Waals surface area contributed by atoms with Gasteiger partial charge < -0.3 is 5.73 Å². The Balaban J connectivity index is 2.90. The van der Waals surface area contributed by atoms with Crippen molar-refractivity contribution in [1.29, 1.82) is 0 Å². The lowest BCUT2D eigenvalue weighted by molar-refractivity contribution is -0.116. The third-order valence-corrected chi connectivity index (χ3v) is 1.35. The number of carbonyl (C=O) groups excluding carboxylic acids is 1. The van der Waals surface area contributed by atoms with Crippen molar-refractivity contribution in [1.82, 2.24) is 10.5 Å². The summed E-state index contributed by atoms with van der Waals surface area (Å²) in [5.74, 6) is 4.66. The van der Waals surface area contributed by atoms with Crippen LogP contribution in [0, 0.1) is 0 Å². The predicted octanol–water partition coefficient (Wildman–Crippen LogP) is -0.870. The minimum absolute atomic E-state index is 0.123. The van der Waals surface area contributed by atoms with E-state index in [0.717, 1.165) is 5.12 Å². The summed E-state index contributed by atoms with van der Waals surface area (Å²) in [7, 11) is 0. The second-order valence-electron chi connectivity index (χ2n) is 1.92. The fourth-order valence-corrected chi connectivity index (χ4v) is 0.785. The molecule has 1 aliphatic heterocycles. The zero-order valence-corrected chi connectivity index (χ0v) is 6.30. The number of hydrogen-bond acceptors (Lipinski definition) is 4. The van der Waals surface area contributed by atoms with E-state index in [1.165, 1.54) is 12.3 Å². The zero-order chi connectivity index (χ0) is 8.43. The zero-order valence-electron chi connectivity index (χ0n) is 5.54. The molecule has 0 aromatic rings. The highest BCUT2D eigenvalue weighted by Gasteiger charge is 2.14. The van der Waals surface area contributed by atoms with Gasteiger partial charge in [-0.15, -0.1) is 0 Å². The number of hydrazine groups is 2. The van der Waals surface area contributed by atoms with E-state index in [2.05, 4.69) is 5.43 Å². The molecule has 0 aromatic heterocycles. The van der Waals surface area contributed by atoms with Crippen LogP contribution in [-0.2, 0) is 4.79 Å². The van der Waals surface area contributed by atoms with Gasteiger partial charge in [-0.05, 0) is 6.08 Å². The van der Waals surface area contributed by atoms with Crippen molar-refractivity contribution < 1.29 is 4.79 Å². The molecule has 11 heavy (non-hydrogen) atoms. The molecule has 5 nitrogen and oxygen atoms in total. The summed E-state index contributed by atoms with van der Waals surface area (Å²) in [4.78, 5) is 10.6. The first kappa shape index (κ1) is 7.90. The predicted molar refractivity (Wildman–Crippen MR) is 40.4 cm³/mol. The summed E-state index contributed by atoms with van der Waals surface area (Å²) >= 11 is 5.55. The SMILES string of the molecule is NC(=O)C1=CC(Cl)=CNN1N. The van der Waals surface area contributed by atoms with E-state index in [4.69, 9.17) is 23.2 Å². The summed E-state index contributed by atoms with van der Waals surface area (Å²) < 4.78 is 0. The third kappa shape index (κ3) is 1.63. The third-order valence-electron chi connectivity index (χ3n) is 1.13. The second-order valence-corrected chi connectivity index (χ2v) is 2.36. The van der Waals surface area contributed by atoms with Gasteiger partial charge in [-0.25, -0.2) is 11.0 Å². The Kier molecular flexibility index (Phi) is 2.02. The number of halogens is 1. The lowest BCUT2D eigenvalue weighted by Crippen LogP contribution is -2.45. The van der Waals surface area contributed by atoms with Crippen LogP contribution in [0.3, 0.4) is 0 Å². The van der Waals surface area contributed by atoms with E-state index in [1.807, 2.05) is 0 Å². The molecule has 0 bridgehead atoms. The Morgan fingerprint density at radius 2 is 2.36 bits per heavy atom. The number of nitrogens with one attached hydrogen (secondary N) is 1. The molecule has 0 atom stereocenters. The molecule has 0 saturated carbocycles. The van der Waals surface area contributed by atoms with E-state index in [9.17, 15) is 4.79 Å². The van der Waals surface area contributed by atoms with Crippen LogP contribution in [0.25, 0.3) is 0 Å². The smallest absolute Gasteiger partial charge is 0.268 e. The summed E-state index contributed by atoms with van der Waals surface area (Å²) in [6.45, 7) is 0. The Morgan fingerprint density at radius 3 is 2.82 bits per heavy atom. The topological polar surface area (TPSA) is 84.4 Å². The molecule has 0 saturated heterocycles. The molecule has 0 aromatic carbocycles. The van der Waals surface area contributed by atoms with Crippen LogP contribution in [0.15, 0.2) is 23.0 Å². The molecule has 1 rings (SSSR count). The van der Waals surface area contributed by atoms with Crippen molar-refractivity contribution in [3.63, 3.8) is 0 Å². The van der Waals surface area contributed by atoms with Gasteiger partial charge in [0, 0.05) is 6.20 Å². The molecule has 1 aliphatic rings. The largest absolute Gasteiger partial charge is 0.364 e. The summed E-state index contributed by atoms with van der Waals surface area (Å²) in [6.07, 6.45) is 2.81. The summed E-state index contributed by atoms with van der Waals surface area (Å²) in [5.41, 5.74) is 7.60. The standard InChI is InChI=1S/C5H7ClN4O/c6-3-1-4(5(7)11)10(8)9-2-3/h1-2,9H,8H2,(H2,7,11). The first-order valence-corrected chi connectivity index (χ1v) is 3.17. The quantitative estimate of drug-likeness (QED) is 0.451. The molecule has 0 fully saturated rings. The van der Waals surface area contributed by atoms with Crippen LogP contribution in [0.2, 0.25) is 0 Å². The highest BCUT2D eigenvalue weighted by atomic mass is 35.5. The van der Waals surface area contributed by atoms with Crippen LogP contribution >= 0.6 is 11.6 Å². The highest BCUT2D eigenvalue weighted by molar-refractivity contribution is 6.31. The highest BCUT2D eigenvalue weighted by Crippen LogP contribution is 2.10. The van der Waals surface area contributed by atoms with Crippen molar-refractivity contribution in [3.8, 4) is 0 Å². The van der Waals surface area contributed by atoms with E-state index in [1.54, 1.807) is 0 Å². The molecular weight excluding hydrogens is 168 g/mol. The molecule has 0 spiro atoms. The number of hydrogen-bond donors (Lipinski definition) is 3. The molecule has 1 heterocycles. The fraction of sp³-hybridized carbons (Fsp3) is 0. The monoisotopic (exact) mass is 174 g/mol. The number of allylic oxidation sites excluding steroid dienone is 2. The number of primary amides is 1. The molecule has 6 heteroatoms. The van der Waals surface area contributed by atoms with Gasteiger partial charge in [0.25, 0.3) is 5.91 Å². The number of rotatable bonds is 1. The van der Waals surface area contributed by atoms with Gasteiger partial charge in [-0.1, -0.05) is 11.6 Å². The second kappa shape index (κ2) is 2.81. The average molecular weight is 175 g/mol. The minimum atomic E-state index is -0.633. The number of nitrogens with zero attached hydrogens (tertiary/aromatic N) is 1. The van der Waals surface area contributed by atoms with Gasteiger partial charge in [-0.3, -0.25) is 10.2 Å². The molecule has 60 valence electrons. The van der Waals surface area contributed by atoms with Gasteiger partial charge in [0.15, 0.2) is 0 Å². The van der Waals surface area contributed by atoms with Crippen LogP contribution in [0.1, 0.15) is 0 Å². The summed E-state index contributed by atoms with van der Waals surface area (Å²) in [6, 6.07) is 0. The Labute approximate surface area is 68.2 Å². The van der Waals surface area contributed by atoms with Gasteiger partial charge in [0.1, 0.15) is 5.70 Å². The van der Waals surface area contributed by atoms with Crippen LogP contribution in [-0.4, -0.2) is 11.0 Å². The lowest BCUT2D eigenvalue weighted by atomic mass is 10.3.